The van der Waals surface area contributed by atoms with Gasteiger partial charge in [-0.2, -0.15) is 0 Å². The summed E-state index contributed by atoms with van der Waals surface area (Å²) < 4.78 is 1.04. The Morgan fingerprint density at radius 2 is 2.00 bits per heavy atom. The number of benzene rings is 1. The van der Waals surface area contributed by atoms with E-state index in [0.29, 0.717) is 5.39 Å². The van der Waals surface area contributed by atoms with Gasteiger partial charge in [0.2, 0.25) is 0 Å². The number of pyridine rings is 1. The summed E-state index contributed by atoms with van der Waals surface area (Å²) in [7, 11) is 0. The molecule has 0 aliphatic rings. The van der Waals surface area contributed by atoms with Gasteiger partial charge in [0, 0.05) is 15.6 Å². The van der Waals surface area contributed by atoms with Crippen LogP contribution in [0.25, 0.3) is 21.0 Å². The minimum absolute atomic E-state index is 0.0154. The van der Waals surface area contributed by atoms with Gasteiger partial charge in [0.25, 0.3) is 5.56 Å². The lowest BCUT2D eigenvalue weighted by atomic mass is 10.1. The maximum atomic E-state index is 11.9. The number of nitrogens with one attached hydrogen (secondary N) is 1. The van der Waals surface area contributed by atoms with Crippen LogP contribution in [0, 0.1) is 6.92 Å². The first-order chi connectivity index (χ1) is 8.22. The summed E-state index contributed by atoms with van der Waals surface area (Å²) in [6.45, 7) is 1.94. The molecule has 0 saturated heterocycles. The zero-order valence-electron chi connectivity index (χ0n) is 9.28. The van der Waals surface area contributed by atoms with E-state index in [9.17, 15) is 9.90 Å². The maximum absolute atomic E-state index is 11.9. The quantitative estimate of drug-likeness (QED) is 0.692. The van der Waals surface area contributed by atoms with Crippen LogP contribution >= 0.6 is 11.3 Å². The van der Waals surface area contributed by atoms with E-state index in [1.54, 1.807) is 11.3 Å². The van der Waals surface area contributed by atoms with Crippen LogP contribution in [-0.2, 0) is 6.61 Å². The lowest BCUT2D eigenvalue weighted by molar-refractivity contribution is 0.285. The van der Waals surface area contributed by atoms with Crippen molar-refractivity contribution in [2.45, 2.75) is 13.5 Å². The van der Waals surface area contributed by atoms with Crippen LogP contribution in [0.5, 0.6) is 0 Å². The number of aliphatic hydroxyl groups is 1. The Morgan fingerprint density at radius 1 is 1.29 bits per heavy atom. The summed E-state index contributed by atoms with van der Waals surface area (Å²) >= 11 is 1.54. The van der Waals surface area contributed by atoms with Crippen molar-refractivity contribution in [2.24, 2.45) is 0 Å². The third-order valence-corrected chi connectivity index (χ3v) is 4.35. The average molecular weight is 245 g/mol. The van der Waals surface area contributed by atoms with E-state index in [1.165, 1.54) is 0 Å². The molecule has 3 rings (SSSR count). The van der Waals surface area contributed by atoms with E-state index < -0.39 is 0 Å². The van der Waals surface area contributed by atoms with E-state index in [-0.39, 0.29) is 12.2 Å². The Balaban J connectivity index is 2.61. The molecule has 17 heavy (non-hydrogen) atoms. The molecule has 1 aromatic carbocycles. The molecule has 0 amide bonds. The molecule has 2 N–H and O–H groups in total. The Hall–Kier alpha value is -1.65. The number of aliphatic hydroxyl groups excluding tert-OH is 1. The van der Waals surface area contributed by atoms with Crippen molar-refractivity contribution in [1.82, 2.24) is 4.98 Å². The highest BCUT2D eigenvalue weighted by Crippen LogP contribution is 2.33. The smallest absolute Gasteiger partial charge is 0.256 e. The van der Waals surface area contributed by atoms with Gasteiger partial charge in [-0.15, -0.1) is 11.3 Å². The fourth-order valence-corrected chi connectivity index (χ4v) is 3.27. The van der Waals surface area contributed by atoms with Gasteiger partial charge in [0.05, 0.1) is 16.8 Å². The summed E-state index contributed by atoms with van der Waals surface area (Å²) in [6.07, 6.45) is 0. The Bertz CT molecular complexity index is 770. The Morgan fingerprint density at radius 3 is 2.71 bits per heavy atom. The molecule has 0 bridgehead atoms. The fourth-order valence-electron chi connectivity index (χ4n) is 2.11. The Kier molecular flexibility index (Phi) is 2.28. The van der Waals surface area contributed by atoms with Gasteiger partial charge >= 0.3 is 0 Å². The second kappa shape index (κ2) is 3.68. The molecule has 0 spiro atoms. The van der Waals surface area contributed by atoms with Crippen molar-refractivity contribution in [3.63, 3.8) is 0 Å². The number of aryl methyl sites for hydroxylation is 1. The number of aromatic nitrogens is 1. The largest absolute Gasteiger partial charge is 0.391 e. The molecule has 0 fully saturated rings. The average Bonchev–Trinajstić information content (AvgIpc) is 2.67. The third-order valence-electron chi connectivity index (χ3n) is 3.04. The molecule has 0 saturated carbocycles. The zero-order valence-corrected chi connectivity index (χ0v) is 10.1. The second-order valence-electron chi connectivity index (χ2n) is 4.01. The zero-order chi connectivity index (χ0) is 12.0. The summed E-state index contributed by atoms with van der Waals surface area (Å²) in [5.41, 5.74) is 1.75. The van der Waals surface area contributed by atoms with E-state index >= 15 is 0 Å². The van der Waals surface area contributed by atoms with Gasteiger partial charge in [0.15, 0.2) is 0 Å². The predicted molar refractivity (Wildman–Crippen MR) is 70.6 cm³/mol. The van der Waals surface area contributed by atoms with Crippen molar-refractivity contribution in [3.8, 4) is 0 Å². The van der Waals surface area contributed by atoms with Crippen LogP contribution in [0.1, 0.15) is 10.4 Å². The first kappa shape index (κ1) is 10.5. The van der Waals surface area contributed by atoms with Crippen LogP contribution in [0.15, 0.2) is 29.1 Å². The lowest BCUT2D eigenvalue weighted by Gasteiger charge is -1.98. The summed E-state index contributed by atoms with van der Waals surface area (Å²) in [4.78, 5) is 15.7. The topological polar surface area (TPSA) is 53.1 Å². The SMILES string of the molecule is Cc1c(CO)sc2c1[nH]c(=O)c1ccccc12. The molecular formula is C13H11NO2S. The number of rotatable bonds is 1. The third kappa shape index (κ3) is 1.41. The Labute approximate surface area is 101 Å². The van der Waals surface area contributed by atoms with Gasteiger partial charge in [-0.3, -0.25) is 4.79 Å². The van der Waals surface area contributed by atoms with Crippen LogP contribution in [-0.4, -0.2) is 10.1 Å². The van der Waals surface area contributed by atoms with Crippen LogP contribution < -0.4 is 5.56 Å². The maximum Gasteiger partial charge on any atom is 0.256 e. The van der Waals surface area contributed by atoms with Gasteiger partial charge in [-0.25, -0.2) is 0 Å². The molecule has 3 nitrogen and oxygen atoms in total. The van der Waals surface area contributed by atoms with Crippen molar-refractivity contribution < 1.29 is 5.11 Å². The molecule has 0 radical (unpaired) electrons. The standard InChI is InChI=1S/C13H11NO2S/c1-7-10(6-15)17-12-8-4-2-3-5-9(8)13(16)14-11(7)12/h2-5,15H,6H2,1H3,(H,14,16). The summed E-state index contributed by atoms with van der Waals surface area (Å²) in [5, 5.41) is 10.9. The van der Waals surface area contributed by atoms with Gasteiger partial charge in [-0.1, -0.05) is 18.2 Å². The number of thiophene rings is 1. The van der Waals surface area contributed by atoms with Gasteiger partial charge in [0.1, 0.15) is 0 Å². The van der Waals surface area contributed by atoms with E-state index in [2.05, 4.69) is 4.98 Å². The van der Waals surface area contributed by atoms with E-state index in [1.807, 2.05) is 31.2 Å². The minimum atomic E-state index is -0.0708. The second-order valence-corrected chi connectivity index (χ2v) is 5.12. The first-order valence-corrected chi connectivity index (χ1v) is 6.18. The first-order valence-electron chi connectivity index (χ1n) is 5.36. The summed E-state index contributed by atoms with van der Waals surface area (Å²) in [6, 6.07) is 7.55. The van der Waals surface area contributed by atoms with Crippen molar-refractivity contribution in [3.05, 3.63) is 45.1 Å². The molecule has 2 heterocycles. The van der Waals surface area contributed by atoms with E-state index in [4.69, 9.17) is 0 Å². The molecule has 3 aromatic rings. The summed E-state index contributed by atoms with van der Waals surface area (Å²) in [5.74, 6) is 0. The molecule has 0 atom stereocenters. The molecule has 0 aliphatic heterocycles. The van der Waals surface area contributed by atoms with Crippen molar-refractivity contribution in [1.29, 1.82) is 0 Å². The van der Waals surface area contributed by atoms with Gasteiger partial charge in [-0.05, 0) is 18.6 Å². The fraction of sp³-hybridized carbons (Fsp3) is 0.154. The lowest BCUT2D eigenvalue weighted by Crippen LogP contribution is -2.05. The van der Waals surface area contributed by atoms with Crippen molar-refractivity contribution in [2.75, 3.05) is 0 Å². The molecule has 0 unspecified atom stereocenters. The van der Waals surface area contributed by atoms with Crippen molar-refractivity contribution >= 4 is 32.3 Å². The highest BCUT2D eigenvalue weighted by Gasteiger charge is 2.12. The molecule has 86 valence electrons. The van der Waals surface area contributed by atoms with Crippen LogP contribution in [0.4, 0.5) is 0 Å². The number of fused-ring (bicyclic) bond motifs is 3. The van der Waals surface area contributed by atoms with Crippen LogP contribution in [0.2, 0.25) is 0 Å². The minimum Gasteiger partial charge on any atom is -0.391 e. The normalized spacial score (nSPS) is 11.4. The predicted octanol–water partition coefficient (Wildman–Crippen LogP) is 2.54. The number of H-pyrrole nitrogens is 1. The number of hydrogen-bond acceptors (Lipinski definition) is 3. The number of hydrogen-bond donors (Lipinski definition) is 2. The molecule has 4 heteroatoms. The monoisotopic (exact) mass is 245 g/mol. The molecule has 2 aromatic heterocycles. The highest BCUT2D eigenvalue weighted by molar-refractivity contribution is 7.20. The molecule has 0 aliphatic carbocycles. The van der Waals surface area contributed by atoms with Gasteiger partial charge < -0.3 is 10.1 Å². The molecular weight excluding hydrogens is 234 g/mol. The van der Waals surface area contributed by atoms with Crippen LogP contribution in [0.3, 0.4) is 0 Å². The highest BCUT2D eigenvalue weighted by atomic mass is 32.1. The van der Waals surface area contributed by atoms with E-state index in [0.717, 1.165) is 26.0 Å². The number of aromatic amines is 1.